The summed E-state index contributed by atoms with van der Waals surface area (Å²) < 4.78 is 1.04. The van der Waals surface area contributed by atoms with Crippen LogP contribution in [-0.2, 0) is 0 Å². The number of hydrogen-bond donors (Lipinski definition) is 2. The maximum absolute atomic E-state index is 4.98. The second-order valence-electron chi connectivity index (χ2n) is 9.30. The number of aromatic amines is 1. The third-order valence-electron chi connectivity index (χ3n) is 6.81. The van der Waals surface area contributed by atoms with Crippen LogP contribution in [0.15, 0.2) is 22.8 Å². The molecule has 9 heteroatoms. The number of hydrogen-bond acceptors (Lipinski definition) is 7. The van der Waals surface area contributed by atoms with E-state index in [4.69, 9.17) is 9.97 Å². The van der Waals surface area contributed by atoms with Gasteiger partial charge in [0.25, 0.3) is 0 Å². The number of halogens is 1. The highest BCUT2D eigenvalue weighted by molar-refractivity contribution is 9.10. The van der Waals surface area contributed by atoms with Gasteiger partial charge in [0.05, 0.1) is 11.7 Å². The number of H-pyrrole nitrogens is 1. The summed E-state index contributed by atoms with van der Waals surface area (Å²) in [7, 11) is 2.20. The SMILES string of the molecule is CN(c1nc2sc(-c3ccc(Br)c4cn[nH]c34)nc2s1)C1C[C@]2(C)CC[C@](C)(C1)N2. The van der Waals surface area contributed by atoms with Gasteiger partial charge >= 0.3 is 0 Å². The molecule has 3 atom stereocenters. The van der Waals surface area contributed by atoms with E-state index in [1.165, 1.54) is 25.7 Å². The maximum atomic E-state index is 4.98. The number of anilines is 1. The second-order valence-corrected chi connectivity index (χ2v) is 12.1. The van der Waals surface area contributed by atoms with Crippen LogP contribution in [0.1, 0.15) is 39.5 Å². The van der Waals surface area contributed by atoms with Crippen LogP contribution < -0.4 is 10.2 Å². The Morgan fingerprint density at radius 3 is 2.57 bits per heavy atom. The number of aromatic nitrogens is 4. The molecule has 2 fully saturated rings. The van der Waals surface area contributed by atoms with Gasteiger partial charge in [-0.3, -0.25) is 5.10 Å². The average Bonchev–Trinajstić information content (AvgIpc) is 3.43. The first-order valence-electron chi connectivity index (χ1n) is 10.2. The lowest BCUT2D eigenvalue weighted by molar-refractivity contribution is 0.208. The fourth-order valence-corrected chi connectivity index (χ4v) is 7.87. The highest BCUT2D eigenvalue weighted by Gasteiger charge is 2.49. The topological polar surface area (TPSA) is 69.7 Å². The Morgan fingerprint density at radius 2 is 1.83 bits per heavy atom. The first-order valence-corrected chi connectivity index (χ1v) is 12.7. The molecule has 5 heterocycles. The summed E-state index contributed by atoms with van der Waals surface area (Å²) in [6.07, 6.45) is 6.71. The number of nitrogens with zero attached hydrogens (tertiary/aromatic N) is 4. The first-order chi connectivity index (χ1) is 14.3. The van der Waals surface area contributed by atoms with E-state index in [0.29, 0.717) is 6.04 Å². The molecule has 3 aromatic heterocycles. The first kappa shape index (κ1) is 19.2. The summed E-state index contributed by atoms with van der Waals surface area (Å²) in [5, 5.41) is 14.3. The van der Waals surface area contributed by atoms with Gasteiger partial charge in [0.2, 0.25) is 0 Å². The standard InChI is InChI=1S/C21H23BrN6S2/c1-20-6-7-21(2,27-20)9-11(8-20)28(3)19-25-18-17(30-19)24-16(29-18)12-4-5-14(22)13-10-23-26-15(12)13/h4-5,10-11,27H,6-9H2,1-3H3,(H,23,26)/t11?,20-,21+. The van der Waals surface area contributed by atoms with E-state index < -0.39 is 0 Å². The van der Waals surface area contributed by atoms with Crippen molar-refractivity contribution in [3.8, 4) is 10.6 Å². The zero-order valence-electron chi connectivity index (χ0n) is 17.1. The molecule has 1 aromatic carbocycles. The average molecular weight is 503 g/mol. The summed E-state index contributed by atoms with van der Waals surface area (Å²) in [4.78, 5) is 14.3. The van der Waals surface area contributed by atoms with Gasteiger partial charge in [0.1, 0.15) is 5.01 Å². The summed E-state index contributed by atoms with van der Waals surface area (Å²) in [5.41, 5.74) is 2.59. The number of piperidine rings is 1. The van der Waals surface area contributed by atoms with Crippen molar-refractivity contribution in [1.29, 1.82) is 0 Å². The number of benzene rings is 1. The van der Waals surface area contributed by atoms with E-state index in [-0.39, 0.29) is 11.1 Å². The van der Waals surface area contributed by atoms with Gasteiger partial charge in [0, 0.05) is 39.6 Å². The van der Waals surface area contributed by atoms with E-state index in [0.717, 1.165) is 40.7 Å². The molecule has 30 heavy (non-hydrogen) atoms. The molecule has 6 nitrogen and oxygen atoms in total. The fourth-order valence-electron chi connectivity index (χ4n) is 5.33. The molecule has 0 spiro atoms. The Labute approximate surface area is 191 Å². The Balaban J connectivity index is 1.32. The molecule has 6 rings (SSSR count). The van der Waals surface area contributed by atoms with Crippen LogP contribution in [0.25, 0.3) is 31.1 Å². The van der Waals surface area contributed by atoms with Crippen molar-refractivity contribution in [1.82, 2.24) is 25.5 Å². The van der Waals surface area contributed by atoms with Crippen LogP contribution in [-0.4, -0.2) is 44.3 Å². The van der Waals surface area contributed by atoms with E-state index >= 15 is 0 Å². The quantitative estimate of drug-likeness (QED) is 0.383. The molecule has 0 radical (unpaired) electrons. The van der Waals surface area contributed by atoms with Gasteiger partial charge in [-0.2, -0.15) is 5.10 Å². The summed E-state index contributed by atoms with van der Waals surface area (Å²) in [5.74, 6) is 0. The fraction of sp³-hybridized carbons (Fsp3) is 0.476. The number of nitrogens with one attached hydrogen (secondary N) is 2. The minimum Gasteiger partial charge on any atom is -0.348 e. The molecular formula is C21H23BrN6S2. The van der Waals surface area contributed by atoms with Crippen molar-refractivity contribution in [3.05, 3.63) is 22.8 Å². The van der Waals surface area contributed by atoms with Crippen LogP contribution in [0.5, 0.6) is 0 Å². The van der Waals surface area contributed by atoms with E-state index in [2.05, 4.69) is 69.4 Å². The monoisotopic (exact) mass is 502 g/mol. The Hall–Kier alpha value is -1.55. The molecule has 2 aliphatic heterocycles. The summed E-state index contributed by atoms with van der Waals surface area (Å²) in [6.45, 7) is 4.75. The normalized spacial score (nSPS) is 28.6. The predicted octanol–water partition coefficient (Wildman–Crippen LogP) is 5.56. The molecule has 2 bridgehead atoms. The van der Waals surface area contributed by atoms with E-state index in [1.807, 2.05) is 6.20 Å². The molecule has 1 unspecified atom stereocenters. The lowest BCUT2D eigenvalue weighted by atomic mass is 9.84. The lowest BCUT2D eigenvalue weighted by Crippen LogP contribution is -2.58. The van der Waals surface area contributed by atoms with Crippen molar-refractivity contribution in [2.75, 3.05) is 11.9 Å². The highest BCUT2D eigenvalue weighted by atomic mass is 79.9. The van der Waals surface area contributed by atoms with E-state index in [1.54, 1.807) is 22.7 Å². The van der Waals surface area contributed by atoms with Crippen molar-refractivity contribution >= 4 is 64.3 Å². The molecule has 4 aromatic rings. The lowest BCUT2D eigenvalue weighted by Gasteiger charge is -2.45. The molecule has 156 valence electrons. The number of thiazole rings is 2. The molecule has 0 amide bonds. The minimum atomic E-state index is 0.253. The van der Waals surface area contributed by atoms with Crippen LogP contribution in [0.3, 0.4) is 0 Å². The molecule has 0 aliphatic carbocycles. The third-order valence-corrected chi connectivity index (χ3v) is 9.65. The predicted molar refractivity (Wildman–Crippen MR) is 129 cm³/mol. The van der Waals surface area contributed by atoms with Gasteiger partial charge in [0.15, 0.2) is 14.8 Å². The van der Waals surface area contributed by atoms with Crippen molar-refractivity contribution in [2.24, 2.45) is 0 Å². The Kier molecular flexibility index (Phi) is 4.14. The number of rotatable bonds is 3. The van der Waals surface area contributed by atoms with E-state index in [9.17, 15) is 0 Å². The largest absolute Gasteiger partial charge is 0.348 e. The van der Waals surface area contributed by atoms with Crippen LogP contribution in [0, 0.1) is 0 Å². The zero-order chi connectivity index (χ0) is 20.7. The Bertz CT molecular complexity index is 1230. The van der Waals surface area contributed by atoms with Crippen LogP contribution >= 0.6 is 38.6 Å². The van der Waals surface area contributed by atoms with Gasteiger partial charge in [-0.15, -0.1) is 0 Å². The highest BCUT2D eigenvalue weighted by Crippen LogP contribution is 2.45. The molecule has 2 N–H and O–H groups in total. The second kappa shape index (κ2) is 6.48. The molecular weight excluding hydrogens is 480 g/mol. The van der Waals surface area contributed by atoms with Crippen LogP contribution in [0.4, 0.5) is 5.13 Å². The van der Waals surface area contributed by atoms with Crippen molar-refractivity contribution < 1.29 is 0 Å². The smallest absolute Gasteiger partial charge is 0.188 e. The molecule has 2 saturated heterocycles. The van der Waals surface area contributed by atoms with Gasteiger partial charge in [-0.05, 0) is 51.7 Å². The van der Waals surface area contributed by atoms with Crippen molar-refractivity contribution in [3.63, 3.8) is 0 Å². The van der Waals surface area contributed by atoms with Gasteiger partial charge in [-0.1, -0.05) is 38.6 Å². The minimum absolute atomic E-state index is 0.253. The zero-order valence-corrected chi connectivity index (χ0v) is 20.3. The Morgan fingerprint density at radius 1 is 1.10 bits per heavy atom. The third kappa shape index (κ3) is 2.93. The summed E-state index contributed by atoms with van der Waals surface area (Å²) >= 11 is 6.96. The van der Waals surface area contributed by atoms with Crippen LogP contribution in [0.2, 0.25) is 0 Å². The molecule has 0 saturated carbocycles. The van der Waals surface area contributed by atoms with Gasteiger partial charge in [-0.25, -0.2) is 9.97 Å². The van der Waals surface area contributed by atoms with Gasteiger partial charge < -0.3 is 10.2 Å². The maximum Gasteiger partial charge on any atom is 0.188 e. The summed E-state index contributed by atoms with van der Waals surface area (Å²) in [6, 6.07) is 4.66. The number of fused-ring (bicyclic) bond motifs is 4. The molecule has 2 aliphatic rings. The van der Waals surface area contributed by atoms with Crippen molar-refractivity contribution in [2.45, 2.75) is 56.7 Å².